The summed E-state index contributed by atoms with van der Waals surface area (Å²) >= 11 is 0. The minimum absolute atomic E-state index is 0.327. The first kappa shape index (κ1) is 13.7. The Hall–Kier alpha value is -0.340. The van der Waals surface area contributed by atoms with E-state index in [1.807, 2.05) is 6.08 Å². The molecule has 2 atom stereocenters. The average Bonchev–Trinajstić information content (AvgIpc) is 2.29. The predicted octanol–water partition coefficient (Wildman–Crippen LogP) is 2.93. The summed E-state index contributed by atoms with van der Waals surface area (Å²) in [5, 5.41) is 0. The van der Waals surface area contributed by atoms with Crippen LogP contribution in [0.3, 0.4) is 0 Å². The van der Waals surface area contributed by atoms with Crippen molar-refractivity contribution in [2.45, 2.75) is 64.0 Å². The number of hydrogen-bond acceptors (Lipinski definition) is 2. The van der Waals surface area contributed by atoms with Crippen LogP contribution in [0.5, 0.6) is 0 Å². The second-order valence-electron chi connectivity index (χ2n) is 5.10. The van der Waals surface area contributed by atoms with Crippen LogP contribution in [0.15, 0.2) is 12.7 Å². The number of hydrogen-bond donors (Lipinski definition) is 1. The zero-order chi connectivity index (χ0) is 11.8. The minimum Gasteiger partial charge on any atom is -0.327 e. The number of likely N-dealkylation sites (tertiary alicyclic amines) is 1. The van der Waals surface area contributed by atoms with Crippen molar-refractivity contribution in [1.29, 1.82) is 0 Å². The van der Waals surface area contributed by atoms with Gasteiger partial charge in [0.1, 0.15) is 0 Å². The smallest absolute Gasteiger partial charge is 0.0244 e. The van der Waals surface area contributed by atoms with Crippen LogP contribution in [-0.4, -0.2) is 30.1 Å². The van der Waals surface area contributed by atoms with Crippen molar-refractivity contribution in [3.05, 3.63) is 12.7 Å². The van der Waals surface area contributed by atoms with Crippen LogP contribution in [0.2, 0.25) is 0 Å². The molecule has 0 aliphatic carbocycles. The summed E-state index contributed by atoms with van der Waals surface area (Å²) in [6.45, 7) is 8.41. The van der Waals surface area contributed by atoms with Gasteiger partial charge in [0.15, 0.2) is 0 Å². The van der Waals surface area contributed by atoms with E-state index in [0.29, 0.717) is 12.1 Å². The lowest BCUT2D eigenvalue weighted by molar-refractivity contribution is 0.128. The van der Waals surface area contributed by atoms with Gasteiger partial charge in [-0.15, -0.1) is 6.58 Å². The lowest BCUT2D eigenvalue weighted by Gasteiger charge is -2.38. The molecule has 0 aromatic carbocycles. The van der Waals surface area contributed by atoms with E-state index in [2.05, 4.69) is 18.4 Å². The highest BCUT2D eigenvalue weighted by Gasteiger charge is 2.24. The molecule has 0 aromatic rings. The summed E-state index contributed by atoms with van der Waals surface area (Å²) in [4.78, 5) is 2.61. The topological polar surface area (TPSA) is 29.3 Å². The summed E-state index contributed by atoms with van der Waals surface area (Å²) in [5.41, 5.74) is 6.05. The molecule has 1 saturated heterocycles. The Morgan fingerprint density at radius 3 is 2.88 bits per heavy atom. The van der Waals surface area contributed by atoms with E-state index in [1.165, 1.54) is 51.6 Å². The maximum atomic E-state index is 6.05. The average molecular weight is 224 g/mol. The first-order valence-electron chi connectivity index (χ1n) is 6.86. The van der Waals surface area contributed by atoms with Gasteiger partial charge in [0.25, 0.3) is 0 Å². The van der Waals surface area contributed by atoms with Gasteiger partial charge in [-0.1, -0.05) is 18.9 Å². The van der Waals surface area contributed by atoms with E-state index in [1.54, 1.807) is 0 Å². The summed E-state index contributed by atoms with van der Waals surface area (Å²) in [5.74, 6) is 0. The number of nitrogens with zero attached hydrogens (tertiary/aromatic N) is 1. The minimum atomic E-state index is 0.327. The standard InChI is InChI=1S/C14H28N2/c1-3-4-5-6-8-11-16-12-9-7-10-14(16)13(2)15/h3,13-14H,1,4-12,15H2,2H3. The summed E-state index contributed by atoms with van der Waals surface area (Å²) in [6.07, 6.45) is 11.1. The van der Waals surface area contributed by atoms with Crippen LogP contribution in [0, 0.1) is 0 Å². The molecule has 2 heteroatoms. The number of unbranched alkanes of at least 4 members (excludes halogenated alkanes) is 3. The van der Waals surface area contributed by atoms with Gasteiger partial charge < -0.3 is 5.73 Å². The zero-order valence-electron chi connectivity index (χ0n) is 10.8. The number of rotatable bonds is 7. The summed E-state index contributed by atoms with van der Waals surface area (Å²) < 4.78 is 0. The SMILES string of the molecule is C=CCCCCCN1CCCCC1C(C)N. The first-order valence-corrected chi connectivity index (χ1v) is 6.86. The molecule has 0 bridgehead atoms. The zero-order valence-corrected chi connectivity index (χ0v) is 10.8. The highest BCUT2D eigenvalue weighted by Crippen LogP contribution is 2.19. The molecule has 0 saturated carbocycles. The summed E-state index contributed by atoms with van der Waals surface area (Å²) in [6, 6.07) is 0.960. The van der Waals surface area contributed by atoms with Crippen molar-refractivity contribution in [2.75, 3.05) is 13.1 Å². The monoisotopic (exact) mass is 224 g/mol. The van der Waals surface area contributed by atoms with Gasteiger partial charge in [-0.2, -0.15) is 0 Å². The maximum absolute atomic E-state index is 6.05. The third-order valence-corrected chi connectivity index (χ3v) is 3.62. The van der Waals surface area contributed by atoms with Gasteiger partial charge in [-0.25, -0.2) is 0 Å². The second kappa shape index (κ2) is 7.86. The normalized spacial score (nSPS) is 24.2. The molecule has 0 amide bonds. The van der Waals surface area contributed by atoms with Gasteiger partial charge in [0.2, 0.25) is 0 Å². The Morgan fingerprint density at radius 2 is 2.19 bits per heavy atom. The molecular formula is C14H28N2. The Balaban J connectivity index is 2.19. The molecule has 16 heavy (non-hydrogen) atoms. The molecule has 2 N–H and O–H groups in total. The molecule has 2 unspecified atom stereocenters. The molecular weight excluding hydrogens is 196 g/mol. The lowest BCUT2D eigenvalue weighted by Crippen LogP contribution is -2.49. The fourth-order valence-electron chi connectivity index (χ4n) is 2.67. The second-order valence-corrected chi connectivity index (χ2v) is 5.10. The fourth-order valence-corrected chi connectivity index (χ4v) is 2.67. The van der Waals surface area contributed by atoms with E-state index >= 15 is 0 Å². The number of nitrogens with two attached hydrogens (primary N) is 1. The predicted molar refractivity (Wildman–Crippen MR) is 71.5 cm³/mol. The fraction of sp³-hybridized carbons (Fsp3) is 0.857. The highest BCUT2D eigenvalue weighted by atomic mass is 15.2. The van der Waals surface area contributed by atoms with Crippen molar-refractivity contribution in [2.24, 2.45) is 5.73 Å². The Morgan fingerprint density at radius 1 is 1.38 bits per heavy atom. The number of piperidine rings is 1. The van der Waals surface area contributed by atoms with Crippen LogP contribution in [0.4, 0.5) is 0 Å². The largest absolute Gasteiger partial charge is 0.327 e. The molecule has 2 nitrogen and oxygen atoms in total. The van der Waals surface area contributed by atoms with Gasteiger partial charge in [-0.3, -0.25) is 4.90 Å². The third-order valence-electron chi connectivity index (χ3n) is 3.62. The van der Waals surface area contributed by atoms with E-state index in [0.717, 1.165) is 6.42 Å². The molecule has 1 fully saturated rings. The Bertz CT molecular complexity index is 189. The van der Waals surface area contributed by atoms with E-state index in [-0.39, 0.29) is 0 Å². The van der Waals surface area contributed by atoms with E-state index in [9.17, 15) is 0 Å². The van der Waals surface area contributed by atoms with Crippen LogP contribution in [-0.2, 0) is 0 Å². The van der Waals surface area contributed by atoms with Crippen LogP contribution in [0.1, 0.15) is 51.9 Å². The molecule has 0 radical (unpaired) electrons. The van der Waals surface area contributed by atoms with Gasteiger partial charge >= 0.3 is 0 Å². The van der Waals surface area contributed by atoms with Crippen LogP contribution < -0.4 is 5.73 Å². The van der Waals surface area contributed by atoms with Crippen LogP contribution in [0.25, 0.3) is 0 Å². The quantitative estimate of drug-likeness (QED) is 0.532. The Kier molecular flexibility index (Phi) is 6.74. The molecule has 1 aliphatic heterocycles. The first-order chi connectivity index (χ1) is 7.75. The van der Waals surface area contributed by atoms with E-state index in [4.69, 9.17) is 5.73 Å². The molecule has 0 aromatic heterocycles. The van der Waals surface area contributed by atoms with Gasteiger partial charge in [-0.05, 0) is 52.1 Å². The van der Waals surface area contributed by atoms with Crippen molar-refractivity contribution in [3.63, 3.8) is 0 Å². The highest BCUT2D eigenvalue weighted by molar-refractivity contribution is 4.82. The molecule has 94 valence electrons. The third kappa shape index (κ3) is 4.67. The van der Waals surface area contributed by atoms with Crippen molar-refractivity contribution in [1.82, 2.24) is 4.90 Å². The number of allylic oxidation sites excluding steroid dienone is 1. The van der Waals surface area contributed by atoms with Crippen molar-refractivity contribution in [3.8, 4) is 0 Å². The van der Waals surface area contributed by atoms with Crippen molar-refractivity contribution >= 4 is 0 Å². The molecule has 0 spiro atoms. The van der Waals surface area contributed by atoms with Gasteiger partial charge in [0.05, 0.1) is 0 Å². The lowest BCUT2D eigenvalue weighted by atomic mass is 9.96. The van der Waals surface area contributed by atoms with E-state index < -0.39 is 0 Å². The molecule has 1 aliphatic rings. The van der Waals surface area contributed by atoms with Crippen molar-refractivity contribution < 1.29 is 0 Å². The Labute approximate surface area is 101 Å². The molecule has 1 heterocycles. The van der Waals surface area contributed by atoms with Gasteiger partial charge in [0, 0.05) is 12.1 Å². The molecule has 1 rings (SSSR count). The maximum Gasteiger partial charge on any atom is 0.0244 e. The summed E-state index contributed by atoms with van der Waals surface area (Å²) in [7, 11) is 0. The van der Waals surface area contributed by atoms with Crippen LogP contribution >= 0.6 is 0 Å².